The maximum atomic E-state index is 5.67. The first kappa shape index (κ1) is 12.1. The highest BCUT2D eigenvalue weighted by atomic mass is 15.4. The van der Waals surface area contributed by atoms with Crippen molar-refractivity contribution in [2.24, 2.45) is 0 Å². The fraction of sp³-hybridized carbons (Fsp3) is 0.0625. The largest absolute Gasteiger partial charge is 0.250 e. The Morgan fingerprint density at radius 1 is 1.20 bits per heavy atom. The van der Waals surface area contributed by atoms with Crippen LogP contribution in [0.3, 0.4) is 0 Å². The van der Waals surface area contributed by atoms with Gasteiger partial charge in [-0.2, -0.15) is 0 Å². The lowest BCUT2D eigenvalue weighted by molar-refractivity contribution is 0.605. The Morgan fingerprint density at radius 2 is 2.05 bits per heavy atom. The molecule has 1 atom stereocenters. The Hall–Kier alpha value is -2.93. The van der Waals surface area contributed by atoms with Gasteiger partial charge in [0.1, 0.15) is 5.52 Å². The Bertz CT molecular complexity index is 810. The molecule has 96 valence electrons. The zero-order chi connectivity index (χ0) is 13.9. The van der Waals surface area contributed by atoms with Gasteiger partial charge in [-0.15, -0.1) is 11.5 Å². The van der Waals surface area contributed by atoms with Crippen LogP contribution >= 0.6 is 0 Å². The van der Waals surface area contributed by atoms with Gasteiger partial charge in [0.05, 0.1) is 16.9 Å². The summed E-state index contributed by atoms with van der Waals surface area (Å²) in [5, 5.41) is 8.28. The molecule has 0 aliphatic carbocycles. The average molecular weight is 260 g/mol. The van der Waals surface area contributed by atoms with Crippen molar-refractivity contribution in [1.29, 1.82) is 0 Å². The molecule has 0 bridgehead atoms. The Kier molecular flexibility index (Phi) is 3.02. The minimum absolute atomic E-state index is 0.387. The van der Waals surface area contributed by atoms with Crippen molar-refractivity contribution in [3.05, 3.63) is 60.4 Å². The zero-order valence-corrected chi connectivity index (χ0v) is 10.8. The number of pyridine rings is 1. The molecular formula is C16H12N4. The van der Waals surface area contributed by atoms with Gasteiger partial charge in [0, 0.05) is 0 Å². The molecule has 0 aliphatic heterocycles. The van der Waals surface area contributed by atoms with Gasteiger partial charge >= 0.3 is 0 Å². The van der Waals surface area contributed by atoms with Crippen LogP contribution in [-0.2, 0) is 0 Å². The monoisotopic (exact) mass is 260 g/mol. The van der Waals surface area contributed by atoms with E-state index >= 15 is 0 Å². The Balaban J connectivity index is 2.14. The number of para-hydroxylation sites is 1. The summed E-state index contributed by atoms with van der Waals surface area (Å²) in [6.45, 7) is 3.72. The van der Waals surface area contributed by atoms with Crippen LogP contribution in [0.1, 0.15) is 17.4 Å². The lowest BCUT2D eigenvalue weighted by Crippen LogP contribution is -2.12. The number of fused-ring (bicyclic) bond motifs is 1. The molecule has 0 saturated heterocycles. The van der Waals surface area contributed by atoms with E-state index in [9.17, 15) is 0 Å². The van der Waals surface area contributed by atoms with Gasteiger partial charge in [0.25, 0.3) is 0 Å². The maximum Gasteiger partial charge on any atom is 0.156 e. The van der Waals surface area contributed by atoms with Crippen molar-refractivity contribution < 1.29 is 0 Å². The standard InChI is InChI=1S/C16H12N4/c1-3-12-8-7-10-13(17-12)15(4-2)20-16-11-6-5-9-14(16)18-19-20/h2-3,5-11,15H,1H2. The summed E-state index contributed by atoms with van der Waals surface area (Å²) in [6.07, 6.45) is 7.37. The van der Waals surface area contributed by atoms with Gasteiger partial charge < -0.3 is 0 Å². The minimum Gasteiger partial charge on any atom is -0.250 e. The number of terminal acetylenes is 1. The summed E-state index contributed by atoms with van der Waals surface area (Å²) in [5.41, 5.74) is 3.24. The summed E-state index contributed by atoms with van der Waals surface area (Å²) in [7, 11) is 0. The van der Waals surface area contributed by atoms with Gasteiger partial charge in [-0.25, -0.2) is 4.68 Å². The van der Waals surface area contributed by atoms with E-state index in [4.69, 9.17) is 6.42 Å². The summed E-state index contributed by atoms with van der Waals surface area (Å²) in [6, 6.07) is 13.0. The third-order valence-electron chi connectivity index (χ3n) is 3.06. The van der Waals surface area contributed by atoms with Gasteiger partial charge in [-0.1, -0.05) is 35.9 Å². The van der Waals surface area contributed by atoms with Crippen molar-refractivity contribution in [1.82, 2.24) is 20.0 Å². The summed E-state index contributed by atoms with van der Waals surface area (Å²) in [5.74, 6) is 2.73. The van der Waals surface area contributed by atoms with Gasteiger partial charge in [-0.3, -0.25) is 4.98 Å². The van der Waals surface area contributed by atoms with E-state index in [1.165, 1.54) is 0 Å². The molecule has 2 aromatic heterocycles. The lowest BCUT2D eigenvalue weighted by Gasteiger charge is -2.11. The molecule has 0 N–H and O–H groups in total. The first-order chi connectivity index (χ1) is 9.83. The maximum absolute atomic E-state index is 5.67. The number of aromatic nitrogens is 4. The van der Waals surface area contributed by atoms with Gasteiger partial charge in [0.2, 0.25) is 0 Å². The SMILES string of the molecule is C#CC(c1cccc(C=C)n1)n1nnc2ccccc21. The highest BCUT2D eigenvalue weighted by Gasteiger charge is 2.16. The molecule has 1 unspecified atom stereocenters. The normalized spacial score (nSPS) is 11.9. The van der Waals surface area contributed by atoms with E-state index in [-0.39, 0.29) is 6.04 Å². The average Bonchev–Trinajstić information content (AvgIpc) is 2.93. The van der Waals surface area contributed by atoms with E-state index in [0.717, 1.165) is 22.4 Å². The van der Waals surface area contributed by atoms with Crippen LogP contribution in [0.25, 0.3) is 17.1 Å². The fourth-order valence-electron chi connectivity index (χ4n) is 2.09. The number of hydrogen-bond acceptors (Lipinski definition) is 3. The number of rotatable bonds is 3. The second kappa shape index (κ2) is 4.98. The molecule has 0 spiro atoms. The quantitative estimate of drug-likeness (QED) is 0.680. The van der Waals surface area contributed by atoms with Crippen molar-refractivity contribution in [3.63, 3.8) is 0 Å². The molecule has 0 aliphatic rings. The van der Waals surface area contributed by atoms with Crippen LogP contribution in [0.4, 0.5) is 0 Å². The first-order valence-electron chi connectivity index (χ1n) is 6.19. The van der Waals surface area contributed by atoms with E-state index < -0.39 is 0 Å². The summed E-state index contributed by atoms with van der Waals surface area (Å²) >= 11 is 0. The number of hydrogen-bond donors (Lipinski definition) is 0. The third kappa shape index (κ3) is 1.95. The van der Waals surface area contributed by atoms with Crippen LogP contribution in [0.15, 0.2) is 49.0 Å². The molecule has 4 nitrogen and oxygen atoms in total. The molecule has 3 rings (SSSR count). The first-order valence-corrected chi connectivity index (χ1v) is 6.19. The summed E-state index contributed by atoms with van der Waals surface area (Å²) in [4.78, 5) is 4.48. The molecule has 20 heavy (non-hydrogen) atoms. The summed E-state index contributed by atoms with van der Waals surface area (Å²) < 4.78 is 1.71. The van der Waals surface area contributed by atoms with Crippen LogP contribution in [0.5, 0.6) is 0 Å². The zero-order valence-electron chi connectivity index (χ0n) is 10.8. The molecule has 0 saturated carbocycles. The third-order valence-corrected chi connectivity index (χ3v) is 3.06. The van der Waals surface area contributed by atoms with Crippen LogP contribution < -0.4 is 0 Å². The second-order valence-corrected chi connectivity index (χ2v) is 4.28. The Labute approximate surface area is 116 Å². The smallest absolute Gasteiger partial charge is 0.156 e. The molecule has 3 aromatic rings. The predicted molar refractivity (Wildman–Crippen MR) is 78.8 cm³/mol. The van der Waals surface area contributed by atoms with Crippen molar-refractivity contribution in [3.8, 4) is 12.3 Å². The molecule has 0 fully saturated rings. The number of benzene rings is 1. The topological polar surface area (TPSA) is 43.6 Å². The van der Waals surface area contributed by atoms with Gasteiger partial charge in [-0.05, 0) is 30.3 Å². The van der Waals surface area contributed by atoms with Crippen LogP contribution in [-0.4, -0.2) is 20.0 Å². The highest BCUT2D eigenvalue weighted by Crippen LogP contribution is 2.20. The Morgan fingerprint density at radius 3 is 2.85 bits per heavy atom. The fourth-order valence-corrected chi connectivity index (χ4v) is 2.09. The molecule has 2 heterocycles. The molecule has 0 amide bonds. The second-order valence-electron chi connectivity index (χ2n) is 4.28. The predicted octanol–water partition coefficient (Wildman–Crippen LogP) is 2.69. The molecular weight excluding hydrogens is 248 g/mol. The van der Waals surface area contributed by atoms with Crippen LogP contribution in [0.2, 0.25) is 0 Å². The van der Waals surface area contributed by atoms with Crippen molar-refractivity contribution in [2.75, 3.05) is 0 Å². The lowest BCUT2D eigenvalue weighted by atomic mass is 10.1. The minimum atomic E-state index is -0.387. The molecule has 1 aromatic carbocycles. The van der Waals surface area contributed by atoms with Gasteiger partial charge in [0.15, 0.2) is 6.04 Å². The molecule has 0 radical (unpaired) electrons. The van der Waals surface area contributed by atoms with Crippen molar-refractivity contribution >= 4 is 17.1 Å². The van der Waals surface area contributed by atoms with Crippen molar-refractivity contribution in [2.45, 2.75) is 6.04 Å². The number of nitrogens with zero attached hydrogens (tertiary/aromatic N) is 4. The van der Waals surface area contributed by atoms with E-state index in [1.54, 1.807) is 10.8 Å². The highest BCUT2D eigenvalue weighted by molar-refractivity contribution is 5.74. The van der Waals surface area contributed by atoms with Crippen LogP contribution in [0, 0.1) is 12.3 Å². The van der Waals surface area contributed by atoms with E-state index in [0.29, 0.717) is 0 Å². The molecule has 4 heteroatoms. The van der Waals surface area contributed by atoms with E-state index in [1.807, 2.05) is 42.5 Å². The van der Waals surface area contributed by atoms with E-state index in [2.05, 4.69) is 27.8 Å².